The minimum Gasteiger partial charge on any atom is -0.383 e. The van der Waals surface area contributed by atoms with Gasteiger partial charge in [-0.3, -0.25) is 4.79 Å². The monoisotopic (exact) mass is 473 g/mol. The van der Waals surface area contributed by atoms with E-state index < -0.39 is 0 Å². The van der Waals surface area contributed by atoms with Crippen LogP contribution in [-0.4, -0.2) is 73.2 Å². The van der Waals surface area contributed by atoms with E-state index in [1.807, 2.05) is 32.0 Å². The number of methoxy groups -OCH3 is 1. The highest BCUT2D eigenvalue weighted by Crippen LogP contribution is 2.21. The summed E-state index contributed by atoms with van der Waals surface area (Å²) in [5.41, 5.74) is 3.23. The molecule has 0 saturated carbocycles. The fourth-order valence-corrected chi connectivity index (χ4v) is 4.69. The molecule has 1 aliphatic heterocycles. The number of hydrogen-bond acceptors (Lipinski definition) is 6. The third kappa shape index (κ3) is 7.52. The molecule has 1 aliphatic rings. The number of carbonyl (C=O) groups is 2. The molecule has 1 saturated heterocycles. The second-order valence-corrected chi connectivity index (χ2v) is 9.34. The zero-order valence-corrected chi connectivity index (χ0v) is 20.7. The van der Waals surface area contributed by atoms with E-state index in [1.165, 1.54) is 30.6 Å². The zero-order chi connectivity index (χ0) is 23.6. The van der Waals surface area contributed by atoms with Gasteiger partial charge in [0.2, 0.25) is 0 Å². The SMILES string of the molecule is COCCN(Cc1nc(C(=O)NCCN2CCCCC2)cs1)C(=O)Nc1c(C)cccc1C. The van der Waals surface area contributed by atoms with E-state index in [2.05, 4.69) is 20.5 Å². The minimum absolute atomic E-state index is 0.169. The van der Waals surface area contributed by atoms with Crippen LogP contribution in [-0.2, 0) is 11.3 Å². The molecule has 180 valence electrons. The van der Waals surface area contributed by atoms with Gasteiger partial charge >= 0.3 is 6.03 Å². The molecule has 2 aromatic rings. The number of aromatic nitrogens is 1. The normalized spacial score (nSPS) is 14.2. The number of carbonyl (C=O) groups excluding carboxylic acids is 2. The first-order chi connectivity index (χ1) is 16.0. The van der Waals surface area contributed by atoms with Crippen LogP contribution >= 0.6 is 11.3 Å². The van der Waals surface area contributed by atoms with Gasteiger partial charge in [-0.15, -0.1) is 11.3 Å². The van der Waals surface area contributed by atoms with Gasteiger partial charge < -0.3 is 25.2 Å². The molecule has 1 fully saturated rings. The fraction of sp³-hybridized carbons (Fsp3) is 0.542. The summed E-state index contributed by atoms with van der Waals surface area (Å²) in [7, 11) is 1.61. The van der Waals surface area contributed by atoms with Crippen molar-refractivity contribution >= 4 is 29.0 Å². The molecular formula is C24H35N5O3S. The molecule has 1 aromatic heterocycles. The summed E-state index contributed by atoms with van der Waals surface area (Å²) in [6, 6.07) is 5.70. The number of aryl methyl sites for hydroxylation is 2. The summed E-state index contributed by atoms with van der Waals surface area (Å²) in [6.45, 7) is 8.79. The smallest absolute Gasteiger partial charge is 0.322 e. The third-order valence-electron chi connectivity index (χ3n) is 5.84. The molecule has 0 unspecified atom stereocenters. The van der Waals surface area contributed by atoms with E-state index in [9.17, 15) is 9.59 Å². The Bertz CT molecular complexity index is 906. The molecule has 0 bridgehead atoms. The Morgan fingerprint density at radius 3 is 2.61 bits per heavy atom. The fourth-order valence-electron chi connectivity index (χ4n) is 3.90. The van der Waals surface area contributed by atoms with Gasteiger partial charge in [0.15, 0.2) is 0 Å². The minimum atomic E-state index is -0.216. The quantitative estimate of drug-likeness (QED) is 0.550. The number of hydrogen-bond donors (Lipinski definition) is 2. The molecule has 0 aliphatic carbocycles. The summed E-state index contributed by atoms with van der Waals surface area (Å²) < 4.78 is 5.19. The maximum Gasteiger partial charge on any atom is 0.322 e. The molecule has 0 spiro atoms. The zero-order valence-electron chi connectivity index (χ0n) is 19.9. The number of nitrogens with zero attached hydrogens (tertiary/aromatic N) is 3. The lowest BCUT2D eigenvalue weighted by atomic mass is 10.1. The van der Waals surface area contributed by atoms with E-state index in [-0.39, 0.29) is 11.9 Å². The largest absolute Gasteiger partial charge is 0.383 e. The van der Waals surface area contributed by atoms with Crippen molar-refractivity contribution in [3.05, 3.63) is 45.4 Å². The molecule has 1 aromatic carbocycles. The second-order valence-electron chi connectivity index (χ2n) is 8.40. The van der Waals surface area contributed by atoms with Crippen LogP contribution in [0, 0.1) is 13.8 Å². The predicted octanol–water partition coefficient (Wildman–Crippen LogP) is 3.66. The lowest BCUT2D eigenvalue weighted by molar-refractivity contribution is 0.0942. The Morgan fingerprint density at radius 2 is 1.91 bits per heavy atom. The lowest BCUT2D eigenvalue weighted by Gasteiger charge is -2.26. The molecule has 0 atom stereocenters. The summed E-state index contributed by atoms with van der Waals surface area (Å²) in [5.74, 6) is -0.169. The summed E-state index contributed by atoms with van der Waals surface area (Å²) >= 11 is 1.39. The van der Waals surface area contributed by atoms with Crippen molar-refractivity contribution in [2.24, 2.45) is 0 Å². The van der Waals surface area contributed by atoms with Crippen LogP contribution in [0.15, 0.2) is 23.6 Å². The number of para-hydroxylation sites is 1. The molecule has 33 heavy (non-hydrogen) atoms. The van der Waals surface area contributed by atoms with Crippen LogP contribution in [0.3, 0.4) is 0 Å². The Labute approximate surface area is 200 Å². The first kappa shape index (κ1) is 25.1. The Balaban J connectivity index is 1.56. The average molecular weight is 474 g/mol. The van der Waals surface area contributed by atoms with Crippen LogP contribution < -0.4 is 10.6 Å². The van der Waals surface area contributed by atoms with Gasteiger partial charge in [-0.1, -0.05) is 24.6 Å². The molecule has 3 rings (SSSR count). The van der Waals surface area contributed by atoms with Crippen molar-refractivity contribution in [3.8, 4) is 0 Å². The van der Waals surface area contributed by atoms with Crippen LogP contribution in [0.4, 0.5) is 10.5 Å². The van der Waals surface area contributed by atoms with Crippen molar-refractivity contribution < 1.29 is 14.3 Å². The number of ether oxygens (including phenoxy) is 1. The van der Waals surface area contributed by atoms with Crippen LogP contribution in [0.2, 0.25) is 0 Å². The van der Waals surface area contributed by atoms with Gasteiger partial charge in [0, 0.05) is 37.8 Å². The van der Waals surface area contributed by atoms with Gasteiger partial charge in [0.05, 0.1) is 13.2 Å². The number of piperidine rings is 1. The van der Waals surface area contributed by atoms with Crippen molar-refractivity contribution in [2.45, 2.75) is 39.7 Å². The third-order valence-corrected chi connectivity index (χ3v) is 6.67. The number of anilines is 1. The highest BCUT2D eigenvalue weighted by atomic mass is 32.1. The number of amides is 3. The Morgan fingerprint density at radius 1 is 1.18 bits per heavy atom. The standard InChI is InChI=1S/C24H35N5O3S/c1-18-8-7-9-19(2)22(18)27-24(31)29(14-15-32-3)16-21-26-20(17-33-21)23(30)25-10-13-28-11-5-4-6-12-28/h7-9,17H,4-6,10-16H2,1-3H3,(H,25,30)(H,27,31). The molecule has 8 nitrogen and oxygen atoms in total. The van der Waals surface area contributed by atoms with Crippen molar-refractivity contribution in [1.82, 2.24) is 20.1 Å². The number of thiazole rings is 1. The Kier molecular flexibility index (Phi) is 9.65. The highest BCUT2D eigenvalue weighted by Gasteiger charge is 2.19. The summed E-state index contributed by atoms with van der Waals surface area (Å²) in [6.07, 6.45) is 3.77. The summed E-state index contributed by atoms with van der Waals surface area (Å²) in [5, 5.41) is 8.45. The number of rotatable bonds is 10. The number of likely N-dealkylation sites (tertiary alicyclic amines) is 1. The number of urea groups is 1. The van der Waals surface area contributed by atoms with Crippen molar-refractivity contribution in [2.75, 3.05) is 51.8 Å². The Hall–Kier alpha value is -2.49. The predicted molar refractivity (Wildman–Crippen MR) is 132 cm³/mol. The molecule has 2 heterocycles. The number of benzene rings is 1. The second kappa shape index (κ2) is 12.7. The molecule has 3 amide bonds. The molecule has 0 radical (unpaired) electrons. The van der Waals surface area contributed by atoms with E-state index in [1.54, 1.807) is 17.4 Å². The van der Waals surface area contributed by atoms with Crippen molar-refractivity contribution in [1.29, 1.82) is 0 Å². The van der Waals surface area contributed by atoms with Gasteiger partial charge in [0.1, 0.15) is 10.7 Å². The average Bonchev–Trinajstić information content (AvgIpc) is 3.28. The molecular weight excluding hydrogens is 438 g/mol. The van der Waals surface area contributed by atoms with E-state index in [4.69, 9.17) is 4.74 Å². The molecule has 9 heteroatoms. The van der Waals surface area contributed by atoms with E-state index >= 15 is 0 Å². The van der Waals surface area contributed by atoms with Gasteiger partial charge in [-0.2, -0.15) is 0 Å². The summed E-state index contributed by atoms with van der Waals surface area (Å²) in [4.78, 5) is 34.0. The maximum atomic E-state index is 13.0. The molecule has 2 N–H and O–H groups in total. The van der Waals surface area contributed by atoms with Gasteiger partial charge in [-0.05, 0) is 50.9 Å². The van der Waals surface area contributed by atoms with Crippen LogP contribution in [0.5, 0.6) is 0 Å². The maximum absolute atomic E-state index is 13.0. The highest BCUT2D eigenvalue weighted by molar-refractivity contribution is 7.09. The first-order valence-electron chi connectivity index (χ1n) is 11.5. The lowest BCUT2D eigenvalue weighted by Crippen LogP contribution is -2.38. The topological polar surface area (TPSA) is 86.8 Å². The van der Waals surface area contributed by atoms with E-state index in [0.29, 0.717) is 36.9 Å². The van der Waals surface area contributed by atoms with Crippen LogP contribution in [0.1, 0.15) is 45.9 Å². The number of nitrogens with one attached hydrogen (secondary N) is 2. The van der Waals surface area contributed by atoms with Crippen molar-refractivity contribution in [3.63, 3.8) is 0 Å². The van der Waals surface area contributed by atoms with Gasteiger partial charge in [0.25, 0.3) is 5.91 Å². The van der Waals surface area contributed by atoms with Gasteiger partial charge in [-0.25, -0.2) is 9.78 Å². The van der Waals surface area contributed by atoms with Crippen LogP contribution in [0.25, 0.3) is 0 Å². The van der Waals surface area contributed by atoms with E-state index in [0.717, 1.165) is 36.4 Å². The first-order valence-corrected chi connectivity index (χ1v) is 12.4.